The molecule has 1 saturated carbocycles. The van der Waals surface area contributed by atoms with Gasteiger partial charge in [-0.1, -0.05) is 51.1 Å². The Balaban J connectivity index is 1.54. The highest BCUT2D eigenvalue weighted by Crippen LogP contribution is 2.60. The minimum atomic E-state index is -1.17. The molecular formula is C32H41NO7. The number of hydrogen-bond acceptors (Lipinski definition) is 6. The van der Waals surface area contributed by atoms with Gasteiger partial charge in [-0.05, 0) is 78.3 Å². The Morgan fingerprint density at radius 3 is 2.50 bits per heavy atom. The lowest BCUT2D eigenvalue weighted by Gasteiger charge is -2.33. The molecule has 40 heavy (non-hydrogen) atoms. The highest BCUT2D eigenvalue weighted by atomic mass is 16.8. The van der Waals surface area contributed by atoms with Crippen molar-refractivity contribution in [3.8, 4) is 16.9 Å². The third kappa shape index (κ3) is 5.73. The molecule has 0 radical (unpaired) electrons. The first kappa shape index (κ1) is 29.6. The molecule has 216 valence electrons. The minimum Gasteiger partial charge on any atom is -0.497 e. The Morgan fingerprint density at radius 1 is 1.20 bits per heavy atom. The van der Waals surface area contributed by atoms with Gasteiger partial charge in [0.1, 0.15) is 11.8 Å². The number of benzene rings is 2. The van der Waals surface area contributed by atoms with Gasteiger partial charge in [0.15, 0.2) is 6.10 Å². The molecule has 2 fully saturated rings. The zero-order valence-corrected chi connectivity index (χ0v) is 24.5. The summed E-state index contributed by atoms with van der Waals surface area (Å²) in [5.41, 5.74) is 2.59. The zero-order valence-electron chi connectivity index (χ0n) is 24.5. The number of rotatable bonds is 11. The van der Waals surface area contributed by atoms with Crippen LogP contribution in [0, 0.1) is 23.7 Å². The van der Waals surface area contributed by atoms with Crippen LogP contribution >= 0.6 is 0 Å². The monoisotopic (exact) mass is 551 g/mol. The average molecular weight is 552 g/mol. The second kappa shape index (κ2) is 10.9. The quantitative estimate of drug-likeness (QED) is 0.365. The van der Waals surface area contributed by atoms with Crippen molar-refractivity contribution in [1.82, 2.24) is 5.32 Å². The number of carbonyl (C=O) groups is 3. The van der Waals surface area contributed by atoms with E-state index in [2.05, 4.69) is 30.4 Å². The van der Waals surface area contributed by atoms with Crippen LogP contribution in [0.25, 0.3) is 11.1 Å². The number of methoxy groups -OCH3 is 1. The maximum absolute atomic E-state index is 13.8. The van der Waals surface area contributed by atoms with Gasteiger partial charge < -0.3 is 24.6 Å². The van der Waals surface area contributed by atoms with Crippen LogP contribution in [0.2, 0.25) is 0 Å². The van der Waals surface area contributed by atoms with Crippen molar-refractivity contribution in [2.24, 2.45) is 16.7 Å². The fourth-order valence-electron chi connectivity index (χ4n) is 5.79. The first-order valence-corrected chi connectivity index (χ1v) is 13.9. The summed E-state index contributed by atoms with van der Waals surface area (Å²) in [5, 5.41) is 12.7. The number of nitrogens with one attached hydrogen (secondary N) is 1. The molecule has 0 aromatic heterocycles. The second-order valence-electron chi connectivity index (χ2n) is 12.3. The summed E-state index contributed by atoms with van der Waals surface area (Å²) in [6.45, 7) is 10.9. The van der Waals surface area contributed by atoms with Crippen LogP contribution < -0.4 is 10.1 Å². The van der Waals surface area contributed by atoms with Gasteiger partial charge in [-0.2, -0.15) is 0 Å². The first-order chi connectivity index (χ1) is 18.7. The van der Waals surface area contributed by atoms with Crippen molar-refractivity contribution >= 4 is 17.8 Å². The molecule has 1 aliphatic carbocycles. The Morgan fingerprint density at radius 2 is 1.93 bits per heavy atom. The highest BCUT2D eigenvalue weighted by Gasteiger charge is 2.70. The number of esters is 1. The molecule has 2 aromatic rings. The molecule has 1 amide bonds. The summed E-state index contributed by atoms with van der Waals surface area (Å²) >= 11 is 0. The Kier molecular flexibility index (Phi) is 8.05. The van der Waals surface area contributed by atoms with Gasteiger partial charge in [0.25, 0.3) is 0 Å². The van der Waals surface area contributed by atoms with E-state index >= 15 is 0 Å². The normalized spacial score (nSPS) is 24.2. The summed E-state index contributed by atoms with van der Waals surface area (Å²) in [4.78, 5) is 38.8. The fourth-order valence-corrected chi connectivity index (χ4v) is 5.79. The molecule has 8 nitrogen and oxygen atoms in total. The molecule has 1 heterocycles. The van der Waals surface area contributed by atoms with Gasteiger partial charge in [-0.15, -0.1) is 0 Å². The summed E-state index contributed by atoms with van der Waals surface area (Å²) in [6, 6.07) is 13.2. The van der Waals surface area contributed by atoms with Gasteiger partial charge in [-0.3, -0.25) is 4.79 Å². The smallest absolute Gasteiger partial charge is 0.339 e. The van der Waals surface area contributed by atoms with Crippen LogP contribution in [0.1, 0.15) is 65.0 Å². The predicted octanol–water partition coefficient (Wildman–Crippen LogP) is 5.29. The number of aryl methyl sites for hydroxylation is 2. The van der Waals surface area contributed by atoms with E-state index in [0.717, 1.165) is 28.0 Å². The van der Waals surface area contributed by atoms with E-state index in [4.69, 9.17) is 14.2 Å². The number of carboxylic acid groups (broad SMARTS) is 1. The molecule has 2 N–H and O–H groups in total. The molecule has 2 unspecified atom stereocenters. The molecule has 2 aliphatic rings. The highest BCUT2D eigenvalue weighted by molar-refractivity contribution is 5.96. The van der Waals surface area contributed by atoms with Crippen LogP contribution in [0.4, 0.5) is 0 Å². The van der Waals surface area contributed by atoms with Crippen molar-refractivity contribution in [2.45, 2.75) is 85.2 Å². The summed E-state index contributed by atoms with van der Waals surface area (Å²) in [5.74, 6) is -2.65. The Hall–Kier alpha value is -3.39. The van der Waals surface area contributed by atoms with E-state index in [9.17, 15) is 19.5 Å². The average Bonchev–Trinajstić information content (AvgIpc) is 3.56. The predicted molar refractivity (Wildman–Crippen MR) is 151 cm³/mol. The fraction of sp³-hybridized carbons (Fsp3) is 0.531. The SMILES string of the molecule is CCC(C)(C)[C@H](NC(=O)C1([C@@H]2OC(C)(C)OC2=O)CC1CCc1ccc(-c2cccc(OC)c2)c(C)c1)C(=O)O. The largest absolute Gasteiger partial charge is 0.497 e. The maximum atomic E-state index is 13.8. The van der Waals surface area contributed by atoms with Gasteiger partial charge in [-0.25, -0.2) is 9.59 Å². The van der Waals surface area contributed by atoms with Crippen molar-refractivity contribution in [3.05, 3.63) is 53.6 Å². The van der Waals surface area contributed by atoms with Crippen LogP contribution in [0.3, 0.4) is 0 Å². The molecule has 4 rings (SSSR count). The topological polar surface area (TPSA) is 111 Å². The number of carboxylic acids is 1. The number of amides is 1. The number of ether oxygens (including phenoxy) is 3. The van der Waals surface area contributed by atoms with E-state index in [1.807, 2.05) is 45.0 Å². The van der Waals surface area contributed by atoms with Crippen molar-refractivity contribution in [3.63, 3.8) is 0 Å². The molecule has 8 heteroatoms. The lowest BCUT2D eigenvalue weighted by atomic mass is 9.81. The standard InChI is InChI=1S/C32H41NO7/c1-8-30(3,4)25(27(34)35)33-29(37)32(26-28(36)40-31(5,6)39-26)18-22(32)14-12-20-13-15-24(19(2)16-20)21-10-9-11-23(17-21)38-7/h9-11,13,15-17,22,25-26H,8,12,14,18H2,1-7H3,(H,33,37)(H,34,35)/t22?,25-,26-,32?/m1/s1. The molecule has 0 bridgehead atoms. The minimum absolute atomic E-state index is 0.156. The maximum Gasteiger partial charge on any atom is 0.339 e. The van der Waals surface area contributed by atoms with Crippen molar-refractivity contribution < 1.29 is 33.7 Å². The third-order valence-corrected chi connectivity index (χ3v) is 8.67. The molecular weight excluding hydrogens is 510 g/mol. The number of carbonyl (C=O) groups excluding carboxylic acids is 2. The van der Waals surface area contributed by atoms with E-state index in [0.29, 0.717) is 25.7 Å². The Bertz CT molecular complexity index is 1300. The van der Waals surface area contributed by atoms with E-state index < -0.39 is 46.6 Å². The molecule has 4 atom stereocenters. The van der Waals surface area contributed by atoms with Crippen LogP contribution in [-0.4, -0.2) is 48.0 Å². The number of cyclic esters (lactones) is 1. The van der Waals surface area contributed by atoms with Crippen LogP contribution in [0.5, 0.6) is 5.75 Å². The van der Waals surface area contributed by atoms with Crippen molar-refractivity contribution in [1.29, 1.82) is 0 Å². The number of hydrogen-bond donors (Lipinski definition) is 2. The molecule has 0 spiro atoms. The summed E-state index contributed by atoms with van der Waals surface area (Å²) in [7, 11) is 1.65. The Labute approximate surface area is 236 Å². The molecule has 1 aliphatic heterocycles. The van der Waals surface area contributed by atoms with Crippen LogP contribution in [0.15, 0.2) is 42.5 Å². The van der Waals surface area contributed by atoms with Crippen LogP contribution in [-0.2, 0) is 30.3 Å². The lowest BCUT2D eigenvalue weighted by molar-refractivity contribution is -0.163. The summed E-state index contributed by atoms with van der Waals surface area (Å²) < 4.78 is 16.7. The van der Waals surface area contributed by atoms with Crippen molar-refractivity contribution in [2.75, 3.05) is 7.11 Å². The third-order valence-electron chi connectivity index (χ3n) is 8.67. The zero-order chi connectivity index (χ0) is 29.5. The van der Waals surface area contributed by atoms with E-state index in [1.165, 1.54) is 0 Å². The summed E-state index contributed by atoms with van der Waals surface area (Å²) in [6.07, 6.45) is 1.25. The van der Waals surface area contributed by atoms with Gasteiger partial charge in [0.05, 0.1) is 12.5 Å². The lowest BCUT2D eigenvalue weighted by Crippen LogP contribution is -2.54. The molecule has 1 saturated heterocycles. The van der Waals surface area contributed by atoms with Gasteiger partial charge >= 0.3 is 11.9 Å². The van der Waals surface area contributed by atoms with Gasteiger partial charge in [0.2, 0.25) is 11.7 Å². The second-order valence-corrected chi connectivity index (χ2v) is 12.3. The van der Waals surface area contributed by atoms with Gasteiger partial charge in [0, 0.05) is 13.8 Å². The molecule has 2 aromatic carbocycles. The number of aliphatic carboxylic acids is 1. The van der Waals surface area contributed by atoms with E-state index in [-0.39, 0.29) is 5.92 Å². The first-order valence-electron chi connectivity index (χ1n) is 13.9. The van der Waals surface area contributed by atoms with E-state index in [1.54, 1.807) is 21.0 Å².